The maximum Gasteiger partial charge on any atom is 0.198 e. The highest BCUT2D eigenvalue weighted by Gasteiger charge is 2.24. The van der Waals surface area contributed by atoms with Crippen molar-refractivity contribution in [3.8, 4) is 0 Å². The molecular formula is C18H27N3O2S. The number of nitrogens with zero attached hydrogens (tertiary/aromatic N) is 2. The summed E-state index contributed by atoms with van der Waals surface area (Å²) in [6.45, 7) is 2.79. The maximum atomic E-state index is 11.6. The van der Waals surface area contributed by atoms with Crippen molar-refractivity contribution in [3.05, 3.63) is 30.3 Å². The van der Waals surface area contributed by atoms with Gasteiger partial charge in [-0.1, -0.05) is 18.2 Å². The number of para-hydroxylation sites is 1. The zero-order valence-electron chi connectivity index (χ0n) is 14.2. The van der Waals surface area contributed by atoms with Crippen molar-refractivity contribution < 1.29 is 8.42 Å². The first-order valence-corrected chi connectivity index (χ1v) is 10.8. The Kier molecular flexibility index (Phi) is 5.76. The van der Waals surface area contributed by atoms with Gasteiger partial charge in [0.2, 0.25) is 0 Å². The van der Waals surface area contributed by atoms with Gasteiger partial charge in [-0.15, -0.1) is 0 Å². The molecule has 0 spiro atoms. The van der Waals surface area contributed by atoms with Gasteiger partial charge in [-0.2, -0.15) is 0 Å². The Labute approximate surface area is 145 Å². The van der Waals surface area contributed by atoms with Crippen LogP contribution in [0.2, 0.25) is 0 Å². The van der Waals surface area contributed by atoms with E-state index in [9.17, 15) is 8.42 Å². The van der Waals surface area contributed by atoms with Crippen molar-refractivity contribution in [2.45, 2.75) is 32.1 Å². The largest absolute Gasteiger partial charge is 0.343 e. The highest BCUT2D eigenvalue weighted by Crippen LogP contribution is 2.20. The second-order valence-electron chi connectivity index (χ2n) is 6.80. The van der Waals surface area contributed by atoms with Gasteiger partial charge in [0.1, 0.15) is 9.84 Å². The molecule has 2 aliphatic heterocycles. The number of sulfone groups is 1. The average Bonchev–Trinajstić information content (AvgIpc) is 2.61. The summed E-state index contributed by atoms with van der Waals surface area (Å²) in [6, 6.07) is 10.1. The topological polar surface area (TPSA) is 61.8 Å². The molecule has 1 N–H and O–H groups in total. The molecule has 3 rings (SSSR count). The Morgan fingerprint density at radius 1 is 1.08 bits per heavy atom. The van der Waals surface area contributed by atoms with E-state index in [1.807, 2.05) is 30.3 Å². The van der Waals surface area contributed by atoms with Crippen LogP contribution in [0.4, 0.5) is 5.69 Å². The Balaban J connectivity index is 1.66. The molecule has 1 aromatic carbocycles. The first kappa shape index (κ1) is 17.3. The molecule has 132 valence electrons. The third kappa shape index (κ3) is 4.97. The summed E-state index contributed by atoms with van der Waals surface area (Å²) < 4.78 is 23.1. The zero-order valence-corrected chi connectivity index (χ0v) is 15.0. The van der Waals surface area contributed by atoms with Crippen LogP contribution >= 0.6 is 0 Å². The van der Waals surface area contributed by atoms with Crippen molar-refractivity contribution in [1.29, 1.82) is 0 Å². The monoisotopic (exact) mass is 349 g/mol. The smallest absolute Gasteiger partial charge is 0.198 e. The number of hydrogen-bond acceptors (Lipinski definition) is 3. The molecule has 6 heteroatoms. The van der Waals surface area contributed by atoms with Crippen LogP contribution in [-0.2, 0) is 9.84 Å². The van der Waals surface area contributed by atoms with E-state index in [2.05, 4.69) is 10.2 Å². The molecule has 0 atom stereocenters. The van der Waals surface area contributed by atoms with E-state index in [1.165, 1.54) is 19.3 Å². The van der Waals surface area contributed by atoms with Crippen LogP contribution in [0.15, 0.2) is 35.3 Å². The molecule has 0 saturated carbocycles. The number of benzene rings is 1. The van der Waals surface area contributed by atoms with Crippen LogP contribution in [-0.4, -0.2) is 50.4 Å². The Morgan fingerprint density at radius 2 is 1.75 bits per heavy atom. The number of piperidine rings is 1. The first-order chi connectivity index (χ1) is 11.6. The summed E-state index contributed by atoms with van der Waals surface area (Å²) in [7, 11) is -2.80. The molecule has 2 saturated heterocycles. The predicted molar refractivity (Wildman–Crippen MR) is 99.2 cm³/mol. The Bertz CT molecular complexity index is 638. The second-order valence-corrected chi connectivity index (χ2v) is 9.10. The zero-order chi connectivity index (χ0) is 16.8. The number of guanidine groups is 1. The number of nitrogens with one attached hydrogen (secondary N) is 1. The Hall–Kier alpha value is -1.56. The predicted octanol–water partition coefficient (Wildman–Crippen LogP) is 2.77. The highest BCUT2D eigenvalue weighted by molar-refractivity contribution is 7.91. The fourth-order valence-electron chi connectivity index (χ4n) is 3.31. The minimum atomic E-state index is -2.80. The van der Waals surface area contributed by atoms with Gasteiger partial charge in [0.15, 0.2) is 5.96 Å². The lowest BCUT2D eigenvalue weighted by molar-refractivity contribution is 0.339. The van der Waals surface area contributed by atoms with Gasteiger partial charge in [0, 0.05) is 25.3 Å². The van der Waals surface area contributed by atoms with Crippen LogP contribution in [0.3, 0.4) is 0 Å². The van der Waals surface area contributed by atoms with Crippen molar-refractivity contribution in [3.63, 3.8) is 0 Å². The number of aliphatic imine (C=N–C) groups is 1. The van der Waals surface area contributed by atoms with E-state index in [1.54, 1.807) is 0 Å². The molecule has 2 heterocycles. The minimum absolute atomic E-state index is 0.318. The van der Waals surface area contributed by atoms with Crippen LogP contribution < -0.4 is 5.32 Å². The van der Waals surface area contributed by atoms with E-state index < -0.39 is 9.84 Å². The van der Waals surface area contributed by atoms with Crippen LogP contribution in [0, 0.1) is 5.92 Å². The van der Waals surface area contributed by atoms with E-state index in [4.69, 9.17) is 4.99 Å². The summed E-state index contributed by atoms with van der Waals surface area (Å²) >= 11 is 0. The van der Waals surface area contributed by atoms with Crippen LogP contribution in [0.1, 0.15) is 32.1 Å². The number of rotatable bonds is 3. The van der Waals surface area contributed by atoms with Crippen molar-refractivity contribution in [2.75, 3.05) is 36.5 Å². The summed E-state index contributed by atoms with van der Waals surface area (Å²) in [5.74, 6) is 1.96. The fourth-order valence-corrected chi connectivity index (χ4v) is 4.90. The number of hydrogen-bond donors (Lipinski definition) is 1. The fraction of sp³-hybridized carbons (Fsp3) is 0.611. The van der Waals surface area contributed by atoms with Gasteiger partial charge < -0.3 is 10.2 Å². The molecule has 2 fully saturated rings. The average molecular weight is 350 g/mol. The quantitative estimate of drug-likeness (QED) is 0.673. The third-order valence-corrected chi connectivity index (χ3v) is 6.57. The van der Waals surface area contributed by atoms with E-state index in [0.717, 1.165) is 37.6 Å². The normalized spacial score (nSPS) is 22.3. The summed E-state index contributed by atoms with van der Waals surface area (Å²) in [5, 5.41) is 3.46. The van der Waals surface area contributed by atoms with Crippen molar-refractivity contribution in [1.82, 2.24) is 4.90 Å². The van der Waals surface area contributed by atoms with Gasteiger partial charge in [-0.3, -0.25) is 4.99 Å². The molecular weight excluding hydrogens is 322 g/mol. The molecule has 24 heavy (non-hydrogen) atoms. The highest BCUT2D eigenvalue weighted by atomic mass is 32.2. The molecule has 5 nitrogen and oxygen atoms in total. The van der Waals surface area contributed by atoms with Crippen LogP contribution in [0.5, 0.6) is 0 Å². The molecule has 0 unspecified atom stereocenters. The SMILES string of the molecule is O=S1(=O)CCC(CN=C(Nc2ccccc2)N2CCCCC2)CC1. The Morgan fingerprint density at radius 3 is 2.42 bits per heavy atom. The van der Waals surface area contributed by atoms with Crippen molar-refractivity contribution in [2.24, 2.45) is 10.9 Å². The second kappa shape index (κ2) is 8.01. The van der Waals surface area contributed by atoms with Gasteiger partial charge in [-0.05, 0) is 50.2 Å². The summed E-state index contributed by atoms with van der Waals surface area (Å²) in [6.07, 6.45) is 5.18. The molecule has 0 bridgehead atoms. The number of anilines is 1. The maximum absolute atomic E-state index is 11.6. The van der Waals surface area contributed by atoms with Gasteiger partial charge in [0.05, 0.1) is 11.5 Å². The molecule has 2 aliphatic rings. The minimum Gasteiger partial charge on any atom is -0.343 e. The lowest BCUT2D eigenvalue weighted by Gasteiger charge is -2.31. The molecule has 1 aromatic rings. The summed E-state index contributed by atoms with van der Waals surface area (Å²) in [4.78, 5) is 7.18. The van der Waals surface area contributed by atoms with Gasteiger partial charge in [0.25, 0.3) is 0 Å². The standard InChI is InChI=1S/C18H27N3O2S/c22-24(23)13-9-16(10-14-24)15-19-18(21-11-5-2-6-12-21)20-17-7-3-1-4-8-17/h1,3-4,7-8,16H,2,5-6,9-15H2,(H,19,20). The van der Waals surface area contributed by atoms with Gasteiger partial charge in [-0.25, -0.2) is 8.42 Å². The van der Waals surface area contributed by atoms with Gasteiger partial charge >= 0.3 is 0 Å². The lowest BCUT2D eigenvalue weighted by Crippen LogP contribution is -2.40. The van der Waals surface area contributed by atoms with Crippen molar-refractivity contribution >= 4 is 21.5 Å². The van der Waals surface area contributed by atoms with E-state index in [0.29, 0.717) is 24.0 Å². The molecule has 0 aliphatic carbocycles. The summed E-state index contributed by atoms with van der Waals surface area (Å²) in [5.41, 5.74) is 1.05. The first-order valence-electron chi connectivity index (χ1n) is 8.94. The molecule has 0 amide bonds. The lowest BCUT2D eigenvalue weighted by atomic mass is 10.0. The third-order valence-electron chi connectivity index (χ3n) is 4.86. The number of likely N-dealkylation sites (tertiary alicyclic amines) is 1. The molecule has 0 radical (unpaired) electrons. The van der Waals surface area contributed by atoms with Crippen LogP contribution in [0.25, 0.3) is 0 Å². The van der Waals surface area contributed by atoms with E-state index >= 15 is 0 Å². The molecule has 0 aromatic heterocycles. The van der Waals surface area contributed by atoms with E-state index in [-0.39, 0.29) is 0 Å².